The summed E-state index contributed by atoms with van der Waals surface area (Å²) in [6.07, 6.45) is 2.73. The van der Waals surface area contributed by atoms with Gasteiger partial charge in [-0.15, -0.1) is 0 Å². The molecule has 0 bridgehead atoms. The maximum atomic E-state index is 4.61. The second kappa shape index (κ2) is 6.27. The smallest absolute Gasteiger partial charge is 0.180 e. The molecule has 0 amide bonds. The molecule has 19 heavy (non-hydrogen) atoms. The van der Waals surface area contributed by atoms with Gasteiger partial charge in [0.2, 0.25) is 0 Å². The van der Waals surface area contributed by atoms with Crippen LogP contribution in [0.5, 0.6) is 0 Å². The largest absolute Gasteiger partial charge is 0.369 e. The van der Waals surface area contributed by atoms with Gasteiger partial charge in [0, 0.05) is 12.7 Å². The zero-order valence-corrected chi connectivity index (χ0v) is 13.5. The van der Waals surface area contributed by atoms with Crippen molar-refractivity contribution < 1.29 is 0 Å². The Morgan fingerprint density at radius 1 is 1.21 bits per heavy atom. The van der Waals surface area contributed by atoms with E-state index in [2.05, 4.69) is 56.7 Å². The molecule has 0 aliphatic carbocycles. The highest BCUT2D eigenvalue weighted by atomic mass is 127. The standard InChI is InChI=1S/C14H17IN4/c1-4-10-12(15)14(16-5-2)19-13(18-10)11-7-6-9(3)8-17-11/h6-8H,4-5H2,1-3H3,(H,16,18,19). The molecular weight excluding hydrogens is 351 g/mol. The lowest BCUT2D eigenvalue weighted by molar-refractivity contribution is 0.976. The Labute approximate surface area is 127 Å². The molecule has 0 saturated heterocycles. The molecule has 5 heteroatoms. The van der Waals surface area contributed by atoms with Crippen LogP contribution in [0.4, 0.5) is 5.82 Å². The van der Waals surface area contributed by atoms with Crippen LogP contribution in [-0.4, -0.2) is 21.5 Å². The van der Waals surface area contributed by atoms with Crippen molar-refractivity contribution in [3.8, 4) is 11.5 Å². The third-order valence-corrected chi connectivity index (χ3v) is 3.87. The summed E-state index contributed by atoms with van der Waals surface area (Å²) in [5.41, 5.74) is 3.01. The second-order valence-corrected chi connectivity index (χ2v) is 5.34. The molecule has 2 heterocycles. The van der Waals surface area contributed by atoms with E-state index in [4.69, 9.17) is 0 Å². The first-order chi connectivity index (χ1) is 9.15. The van der Waals surface area contributed by atoms with Crippen molar-refractivity contribution in [3.05, 3.63) is 33.2 Å². The van der Waals surface area contributed by atoms with Gasteiger partial charge in [-0.2, -0.15) is 0 Å². The number of halogens is 1. The third kappa shape index (κ3) is 3.20. The SMILES string of the molecule is CCNc1nc(-c2ccc(C)cn2)nc(CC)c1I. The summed E-state index contributed by atoms with van der Waals surface area (Å²) in [7, 11) is 0. The van der Waals surface area contributed by atoms with Crippen LogP contribution in [0.3, 0.4) is 0 Å². The lowest BCUT2D eigenvalue weighted by Gasteiger charge is -2.11. The zero-order valence-electron chi connectivity index (χ0n) is 11.4. The van der Waals surface area contributed by atoms with Crippen LogP contribution in [0.2, 0.25) is 0 Å². The molecule has 0 aliphatic rings. The highest BCUT2D eigenvalue weighted by Crippen LogP contribution is 2.23. The topological polar surface area (TPSA) is 50.7 Å². The maximum absolute atomic E-state index is 4.61. The minimum atomic E-state index is 0.688. The Hall–Kier alpha value is -1.24. The molecule has 4 nitrogen and oxygen atoms in total. The molecular formula is C14H17IN4. The number of rotatable bonds is 4. The van der Waals surface area contributed by atoms with Gasteiger partial charge in [0.15, 0.2) is 5.82 Å². The summed E-state index contributed by atoms with van der Waals surface area (Å²) in [5, 5.41) is 3.29. The van der Waals surface area contributed by atoms with Crippen molar-refractivity contribution in [2.45, 2.75) is 27.2 Å². The number of aromatic nitrogens is 3. The first-order valence-corrected chi connectivity index (χ1v) is 7.46. The summed E-state index contributed by atoms with van der Waals surface area (Å²) in [5.74, 6) is 1.58. The number of hydrogen-bond donors (Lipinski definition) is 1. The quantitative estimate of drug-likeness (QED) is 0.840. The van der Waals surface area contributed by atoms with Gasteiger partial charge in [-0.3, -0.25) is 4.98 Å². The molecule has 0 aromatic carbocycles. The van der Waals surface area contributed by atoms with Crippen LogP contribution < -0.4 is 5.32 Å². The van der Waals surface area contributed by atoms with Crippen LogP contribution in [-0.2, 0) is 6.42 Å². The molecule has 0 radical (unpaired) electrons. The summed E-state index contributed by atoms with van der Waals surface area (Å²) < 4.78 is 1.10. The molecule has 0 unspecified atom stereocenters. The van der Waals surface area contributed by atoms with Crippen molar-refractivity contribution >= 4 is 28.4 Å². The lowest BCUT2D eigenvalue weighted by atomic mass is 10.2. The Morgan fingerprint density at radius 3 is 2.58 bits per heavy atom. The number of hydrogen-bond acceptors (Lipinski definition) is 4. The molecule has 2 aromatic heterocycles. The molecule has 0 fully saturated rings. The fourth-order valence-corrected chi connectivity index (χ4v) is 2.54. The highest BCUT2D eigenvalue weighted by Gasteiger charge is 2.12. The molecule has 100 valence electrons. The van der Waals surface area contributed by atoms with Crippen LogP contribution in [0.1, 0.15) is 25.1 Å². The van der Waals surface area contributed by atoms with E-state index in [1.807, 2.05) is 25.3 Å². The monoisotopic (exact) mass is 368 g/mol. The van der Waals surface area contributed by atoms with Crippen molar-refractivity contribution in [1.29, 1.82) is 0 Å². The second-order valence-electron chi connectivity index (χ2n) is 4.26. The zero-order chi connectivity index (χ0) is 13.8. The molecule has 0 atom stereocenters. The maximum Gasteiger partial charge on any atom is 0.180 e. The van der Waals surface area contributed by atoms with E-state index < -0.39 is 0 Å². The summed E-state index contributed by atoms with van der Waals surface area (Å²) in [6, 6.07) is 3.99. The Bertz CT molecular complexity index is 566. The van der Waals surface area contributed by atoms with E-state index in [1.165, 1.54) is 0 Å². The van der Waals surface area contributed by atoms with Crippen molar-refractivity contribution in [2.75, 3.05) is 11.9 Å². The summed E-state index contributed by atoms with van der Waals surface area (Å²) in [4.78, 5) is 13.6. The van der Waals surface area contributed by atoms with Gasteiger partial charge in [0.25, 0.3) is 0 Å². The van der Waals surface area contributed by atoms with E-state index in [1.54, 1.807) is 0 Å². The fraction of sp³-hybridized carbons (Fsp3) is 0.357. The van der Waals surface area contributed by atoms with Crippen LogP contribution in [0.15, 0.2) is 18.3 Å². The number of aryl methyl sites for hydroxylation is 2. The highest BCUT2D eigenvalue weighted by molar-refractivity contribution is 14.1. The molecule has 0 spiro atoms. The predicted octanol–water partition coefficient (Wildman–Crippen LogP) is 3.45. The van der Waals surface area contributed by atoms with E-state index in [0.717, 1.165) is 39.3 Å². The predicted molar refractivity (Wildman–Crippen MR) is 86.3 cm³/mol. The number of nitrogens with one attached hydrogen (secondary N) is 1. The van der Waals surface area contributed by atoms with Crippen molar-refractivity contribution in [1.82, 2.24) is 15.0 Å². The van der Waals surface area contributed by atoms with Crippen molar-refractivity contribution in [3.63, 3.8) is 0 Å². The van der Waals surface area contributed by atoms with Gasteiger partial charge in [-0.25, -0.2) is 9.97 Å². The first kappa shape index (κ1) is 14.2. The molecule has 0 saturated carbocycles. The first-order valence-electron chi connectivity index (χ1n) is 6.39. The third-order valence-electron chi connectivity index (χ3n) is 2.74. The molecule has 2 aromatic rings. The van der Waals surface area contributed by atoms with Gasteiger partial charge in [-0.1, -0.05) is 13.0 Å². The van der Waals surface area contributed by atoms with E-state index in [9.17, 15) is 0 Å². The fourth-order valence-electron chi connectivity index (χ4n) is 1.73. The summed E-state index contributed by atoms with van der Waals surface area (Å²) >= 11 is 2.30. The molecule has 1 N–H and O–H groups in total. The summed E-state index contributed by atoms with van der Waals surface area (Å²) in [6.45, 7) is 7.03. The molecule has 0 aliphatic heterocycles. The number of nitrogens with zero attached hydrogens (tertiary/aromatic N) is 3. The average Bonchev–Trinajstić information content (AvgIpc) is 2.42. The normalized spacial score (nSPS) is 10.5. The van der Waals surface area contributed by atoms with Crippen LogP contribution in [0.25, 0.3) is 11.5 Å². The van der Waals surface area contributed by atoms with E-state index in [-0.39, 0.29) is 0 Å². The van der Waals surface area contributed by atoms with Crippen LogP contribution in [0, 0.1) is 10.5 Å². The van der Waals surface area contributed by atoms with E-state index in [0.29, 0.717) is 5.82 Å². The van der Waals surface area contributed by atoms with E-state index >= 15 is 0 Å². The van der Waals surface area contributed by atoms with Gasteiger partial charge < -0.3 is 5.32 Å². The van der Waals surface area contributed by atoms with Gasteiger partial charge in [0.1, 0.15) is 11.5 Å². The Balaban J connectivity index is 2.51. The average molecular weight is 368 g/mol. The number of pyridine rings is 1. The Morgan fingerprint density at radius 2 is 2.00 bits per heavy atom. The minimum absolute atomic E-state index is 0.688. The van der Waals surface area contributed by atoms with Gasteiger partial charge in [0.05, 0.1) is 9.26 Å². The molecule has 2 rings (SSSR count). The number of anilines is 1. The van der Waals surface area contributed by atoms with Crippen molar-refractivity contribution in [2.24, 2.45) is 0 Å². The van der Waals surface area contributed by atoms with Gasteiger partial charge in [-0.05, 0) is 54.5 Å². The minimum Gasteiger partial charge on any atom is -0.369 e. The van der Waals surface area contributed by atoms with Gasteiger partial charge >= 0.3 is 0 Å². The lowest BCUT2D eigenvalue weighted by Crippen LogP contribution is -2.08. The Kier molecular flexibility index (Phi) is 4.68. The van der Waals surface area contributed by atoms with Crippen LogP contribution >= 0.6 is 22.6 Å².